The molecule has 2 rings (SSSR count). The Balaban J connectivity index is 2.35. The van der Waals surface area contributed by atoms with Crippen molar-refractivity contribution in [1.29, 1.82) is 0 Å². The Hall–Kier alpha value is -2.41. The zero-order valence-electron chi connectivity index (χ0n) is 11.0. The van der Waals surface area contributed by atoms with E-state index in [1.807, 2.05) is 0 Å². The van der Waals surface area contributed by atoms with E-state index in [1.54, 1.807) is 6.92 Å². The van der Waals surface area contributed by atoms with Gasteiger partial charge < -0.3 is 10.5 Å². The van der Waals surface area contributed by atoms with E-state index in [0.717, 1.165) is 0 Å². The number of hydrogen-bond donors (Lipinski definition) is 1. The molecule has 6 nitrogen and oxygen atoms in total. The van der Waals surface area contributed by atoms with E-state index < -0.39 is 24.3 Å². The van der Waals surface area contributed by atoms with Crippen LogP contribution in [0.25, 0.3) is 5.69 Å². The average molecular weight is 312 g/mol. The molecule has 0 fully saturated rings. The molecule has 0 atom stereocenters. The lowest BCUT2D eigenvalue weighted by Crippen LogP contribution is -2.21. The van der Waals surface area contributed by atoms with E-state index in [4.69, 9.17) is 22.1 Å². The van der Waals surface area contributed by atoms with Gasteiger partial charge in [0, 0.05) is 0 Å². The van der Waals surface area contributed by atoms with E-state index in [0.29, 0.717) is 11.4 Å². The normalized spacial score (nSPS) is 10.4. The summed E-state index contributed by atoms with van der Waals surface area (Å²) in [6.45, 7) is 1.02. The number of halogens is 2. The molecular weight excluding hydrogens is 301 g/mol. The second-order valence-corrected chi connectivity index (χ2v) is 4.54. The van der Waals surface area contributed by atoms with Gasteiger partial charge in [-0.05, 0) is 31.2 Å². The maximum atomic E-state index is 12.9. The van der Waals surface area contributed by atoms with Gasteiger partial charge in [-0.1, -0.05) is 11.6 Å². The van der Waals surface area contributed by atoms with Crippen molar-refractivity contribution >= 4 is 23.5 Å². The number of nitrogens with two attached hydrogens (primary N) is 1. The van der Waals surface area contributed by atoms with Crippen LogP contribution in [0.3, 0.4) is 0 Å². The zero-order valence-corrected chi connectivity index (χ0v) is 11.7. The van der Waals surface area contributed by atoms with Crippen LogP contribution < -0.4 is 5.73 Å². The fraction of sp³-hybridized carbons (Fsp3) is 0.154. The number of benzene rings is 1. The van der Waals surface area contributed by atoms with Crippen LogP contribution in [0.1, 0.15) is 16.1 Å². The molecule has 0 radical (unpaired) electrons. The van der Waals surface area contributed by atoms with E-state index in [1.165, 1.54) is 28.9 Å². The summed E-state index contributed by atoms with van der Waals surface area (Å²) in [5.74, 6) is -1.98. The van der Waals surface area contributed by atoms with Gasteiger partial charge in [-0.2, -0.15) is 5.10 Å². The number of nitrogens with zero attached hydrogens (tertiary/aromatic N) is 2. The molecule has 0 aliphatic heterocycles. The van der Waals surface area contributed by atoms with E-state index in [9.17, 15) is 14.0 Å². The number of primary amides is 1. The molecule has 110 valence electrons. The van der Waals surface area contributed by atoms with Crippen molar-refractivity contribution in [2.24, 2.45) is 5.73 Å². The van der Waals surface area contributed by atoms with E-state index >= 15 is 0 Å². The molecule has 0 spiro atoms. The summed E-state index contributed by atoms with van der Waals surface area (Å²) in [4.78, 5) is 22.5. The third-order valence-electron chi connectivity index (χ3n) is 2.62. The van der Waals surface area contributed by atoms with Gasteiger partial charge in [-0.3, -0.25) is 4.79 Å². The number of esters is 1. The molecule has 2 N–H and O–H groups in total. The standard InChI is InChI=1S/C13H11ClFN3O3/c1-7-11(13(20)21-6-10(16)19)12(14)18(17-7)9-4-2-8(15)3-5-9/h2-5H,6H2,1H3,(H2,16,19). The monoisotopic (exact) mass is 311 g/mol. The first kappa shape index (κ1) is 15.0. The molecule has 2 aromatic rings. The van der Waals surface area contributed by atoms with Crippen LogP contribution >= 0.6 is 11.6 Å². The highest BCUT2D eigenvalue weighted by atomic mass is 35.5. The molecule has 0 bridgehead atoms. The van der Waals surface area contributed by atoms with Gasteiger partial charge in [0.2, 0.25) is 0 Å². The first-order valence-corrected chi connectivity index (χ1v) is 6.24. The minimum absolute atomic E-state index is 0.00794. The maximum absolute atomic E-state index is 12.9. The fourth-order valence-corrected chi connectivity index (χ4v) is 2.04. The Morgan fingerprint density at radius 2 is 2.00 bits per heavy atom. The zero-order chi connectivity index (χ0) is 15.6. The quantitative estimate of drug-likeness (QED) is 0.869. The molecule has 8 heteroatoms. The largest absolute Gasteiger partial charge is 0.452 e. The van der Waals surface area contributed by atoms with Gasteiger partial charge in [0.05, 0.1) is 11.4 Å². The summed E-state index contributed by atoms with van der Waals surface area (Å²) in [5, 5.41) is 4.11. The lowest BCUT2D eigenvalue weighted by Gasteiger charge is -2.04. The van der Waals surface area contributed by atoms with Gasteiger partial charge >= 0.3 is 5.97 Å². The molecule has 1 amide bonds. The highest BCUT2D eigenvalue weighted by molar-refractivity contribution is 6.33. The van der Waals surface area contributed by atoms with Crippen LogP contribution in [0, 0.1) is 12.7 Å². The molecule has 1 heterocycles. The molecule has 0 aliphatic rings. The number of rotatable bonds is 4. The summed E-state index contributed by atoms with van der Waals surface area (Å²) >= 11 is 6.10. The van der Waals surface area contributed by atoms with Crippen molar-refractivity contribution in [2.75, 3.05) is 6.61 Å². The predicted molar refractivity (Wildman–Crippen MR) is 72.7 cm³/mol. The second kappa shape index (κ2) is 5.92. The topological polar surface area (TPSA) is 87.2 Å². The van der Waals surface area contributed by atoms with E-state index in [-0.39, 0.29) is 10.7 Å². The molecular formula is C13H11ClFN3O3. The molecule has 21 heavy (non-hydrogen) atoms. The second-order valence-electron chi connectivity index (χ2n) is 4.18. The Bertz CT molecular complexity index is 697. The minimum atomic E-state index is -0.801. The Kier molecular flexibility index (Phi) is 4.23. The average Bonchev–Trinajstić information content (AvgIpc) is 2.72. The number of hydrogen-bond acceptors (Lipinski definition) is 4. The smallest absolute Gasteiger partial charge is 0.343 e. The summed E-state index contributed by atoms with van der Waals surface area (Å²) in [7, 11) is 0. The van der Waals surface area contributed by atoms with Crippen LogP contribution in [0.5, 0.6) is 0 Å². The molecule has 1 aromatic carbocycles. The van der Waals surface area contributed by atoms with Crippen LogP contribution in [0.4, 0.5) is 4.39 Å². The molecule has 0 unspecified atom stereocenters. The third-order valence-corrected chi connectivity index (χ3v) is 2.97. The Morgan fingerprint density at radius 3 is 2.57 bits per heavy atom. The lowest BCUT2D eigenvalue weighted by atomic mass is 10.2. The van der Waals surface area contributed by atoms with Crippen molar-refractivity contribution in [2.45, 2.75) is 6.92 Å². The molecule has 0 saturated carbocycles. The van der Waals surface area contributed by atoms with Crippen LogP contribution in [-0.2, 0) is 9.53 Å². The maximum Gasteiger partial charge on any atom is 0.343 e. The van der Waals surface area contributed by atoms with E-state index in [2.05, 4.69) is 5.10 Å². The number of ether oxygens (including phenoxy) is 1. The van der Waals surface area contributed by atoms with Crippen molar-refractivity contribution < 1.29 is 18.7 Å². The third kappa shape index (κ3) is 3.19. The minimum Gasteiger partial charge on any atom is -0.452 e. The summed E-state index contributed by atoms with van der Waals surface area (Å²) in [5.41, 5.74) is 5.73. The van der Waals surface area contributed by atoms with Gasteiger partial charge in [0.25, 0.3) is 5.91 Å². The van der Waals surface area contributed by atoms with Crippen LogP contribution in [0.2, 0.25) is 5.15 Å². The number of aryl methyl sites for hydroxylation is 1. The van der Waals surface area contributed by atoms with Gasteiger partial charge in [-0.25, -0.2) is 13.9 Å². The number of carbonyl (C=O) groups is 2. The van der Waals surface area contributed by atoms with Crippen LogP contribution in [-0.4, -0.2) is 28.3 Å². The SMILES string of the molecule is Cc1nn(-c2ccc(F)cc2)c(Cl)c1C(=O)OCC(N)=O. The highest BCUT2D eigenvalue weighted by Gasteiger charge is 2.22. The summed E-state index contributed by atoms with van der Waals surface area (Å²) in [6, 6.07) is 5.42. The van der Waals surface area contributed by atoms with Crippen molar-refractivity contribution in [3.63, 3.8) is 0 Å². The summed E-state index contributed by atoms with van der Waals surface area (Å²) in [6.07, 6.45) is 0. The van der Waals surface area contributed by atoms with Gasteiger partial charge in [-0.15, -0.1) is 0 Å². The predicted octanol–water partition coefficient (Wildman–Crippen LogP) is 1.62. The molecule has 0 saturated heterocycles. The van der Waals surface area contributed by atoms with Crippen molar-refractivity contribution in [1.82, 2.24) is 9.78 Å². The van der Waals surface area contributed by atoms with Gasteiger partial charge in [0.1, 0.15) is 16.5 Å². The lowest BCUT2D eigenvalue weighted by molar-refractivity contribution is -0.121. The first-order chi connectivity index (χ1) is 9.90. The number of aromatic nitrogens is 2. The fourth-order valence-electron chi connectivity index (χ4n) is 1.69. The number of amides is 1. The molecule has 0 aliphatic carbocycles. The van der Waals surface area contributed by atoms with Crippen molar-refractivity contribution in [3.8, 4) is 5.69 Å². The van der Waals surface area contributed by atoms with Crippen molar-refractivity contribution in [3.05, 3.63) is 46.5 Å². The number of carbonyl (C=O) groups excluding carboxylic acids is 2. The Morgan fingerprint density at radius 1 is 1.38 bits per heavy atom. The first-order valence-electron chi connectivity index (χ1n) is 5.86. The van der Waals surface area contributed by atoms with Gasteiger partial charge in [0.15, 0.2) is 6.61 Å². The molecule has 1 aromatic heterocycles. The summed E-state index contributed by atoms with van der Waals surface area (Å²) < 4.78 is 18.9. The van der Waals surface area contributed by atoms with Crippen LogP contribution in [0.15, 0.2) is 24.3 Å². The highest BCUT2D eigenvalue weighted by Crippen LogP contribution is 2.24. The Labute approximate surface area is 124 Å².